The molecule has 0 spiro atoms. The van der Waals surface area contributed by atoms with E-state index in [0.717, 1.165) is 17.1 Å². The number of methoxy groups -OCH3 is 1. The van der Waals surface area contributed by atoms with Crippen molar-refractivity contribution >= 4 is 17.5 Å². The third kappa shape index (κ3) is 4.74. The van der Waals surface area contributed by atoms with E-state index in [9.17, 15) is 4.79 Å². The minimum atomic E-state index is 0.279. The Morgan fingerprint density at radius 3 is 2.65 bits per heavy atom. The quantitative estimate of drug-likeness (QED) is 0.720. The third-order valence-corrected chi connectivity index (χ3v) is 4.03. The lowest BCUT2D eigenvalue weighted by Gasteiger charge is -2.04. The summed E-state index contributed by atoms with van der Waals surface area (Å²) in [5.74, 6) is 1.62. The number of ether oxygens (including phenoxy) is 1. The highest BCUT2D eigenvalue weighted by Gasteiger charge is 2.04. The van der Waals surface area contributed by atoms with Crippen molar-refractivity contribution in [2.24, 2.45) is 0 Å². The van der Waals surface area contributed by atoms with E-state index >= 15 is 0 Å². The second kappa shape index (κ2) is 7.75. The SMILES string of the molecule is COc1cccc(SCC(=O)CCc2ccccc2)c1. The Morgan fingerprint density at radius 1 is 1.10 bits per heavy atom. The van der Waals surface area contributed by atoms with Crippen molar-refractivity contribution in [3.63, 3.8) is 0 Å². The van der Waals surface area contributed by atoms with Crippen molar-refractivity contribution in [2.45, 2.75) is 17.7 Å². The summed E-state index contributed by atoms with van der Waals surface area (Å²) in [4.78, 5) is 13.0. The molecule has 0 fully saturated rings. The Morgan fingerprint density at radius 2 is 1.90 bits per heavy atom. The molecule has 0 aliphatic carbocycles. The van der Waals surface area contributed by atoms with Crippen molar-refractivity contribution in [1.29, 1.82) is 0 Å². The van der Waals surface area contributed by atoms with Crippen LogP contribution in [0.15, 0.2) is 59.5 Å². The Kier molecular flexibility index (Phi) is 5.69. The number of carbonyl (C=O) groups excluding carboxylic acids is 1. The van der Waals surface area contributed by atoms with Crippen molar-refractivity contribution in [1.82, 2.24) is 0 Å². The zero-order chi connectivity index (χ0) is 14.2. The van der Waals surface area contributed by atoms with Gasteiger partial charge >= 0.3 is 0 Å². The molecule has 0 radical (unpaired) electrons. The lowest BCUT2D eigenvalue weighted by molar-refractivity contribution is -0.116. The normalized spacial score (nSPS) is 10.2. The van der Waals surface area contributed by atoms with Gasteiger partial charge in [-0.05, 0) is 30.2 Å². The lowest BCUT2D eigenvalue weighted by atomic mass is 10.1. The second-order valence-corrected chi connectivity index (χ2v) is 5.54. The van der Waals surface area contributed by atoms with Gasteiger partial charge in [0, 0.05) is 11.3 Å². The summed E-state index contributed by atoms with van der Waals surface area (Å²) < 4.78 is 5.17. The van der Waals surface area contributed by atoms with Crippen molar-refractivity contribution in [2.75, 3.05) is 12.9 Å². The molecule has 0 N–H and O–H groups in total. The fraction of sp³-hybridized carbons (Fsp3) is 0.235. The number of thioether (sulfide) groups is 1. The smallest absolute Gasteiger partial charge is 0.143 e. The standard InChI is InChI=1S/C17H18O2S/c1-19-16-8-5-9-17(12-16)20-13-15(18)11-10-14-6-3-2-4-7-14/h2-9,12H,10-11,13H2,1H3. The van der Waals surface area contributed by atoms with Crippen LogP contribution in [0.5, 0.6) is 5.75 Å². The maximum Gasteiger partial charge on any atom is 0.143 e. The van der Waals surface area contributed by atoms with Gasteiger partial charge in [-0.1, -0.05) is 36.4 Å². The van der Waals surface area contributed by atoms with Crippen LogP contribution in [0, 0.1) is 0 Å². The van der Waals surface area contributed by atoms with Gasteiger partial charge < -0.3 is 4.74 Å². The summed E-state index contributed by atoms with van der Waals surface area (Å²) in [6, 6.07) is 17.9. The largest absolute Gasteiger partial charge is 0.497 e. The highest BCUT2D eigenvalue weighted by Crippen LogP contribution is 2.23. The molecule has 0 aliphatic rings. The van der Waals surface area contributed by atoms with Crippen LogP contribution in [0.2, 0.25) is 0 Å². The van der Waals surface area contributed by atoms with Crippen LogP contribution in [-0.4, -0.2) is 18.6 Å². The molecule has 0 atom stereocenters. The molecule has 2 aromatic rings. The van der Waals surface area contributed by atoms with E-state index in [2.05, 4.69) is 12.1 Å². The Labute approximate surface area is 124 Å². The number of carbonyl (C=O) groups is 1. The van der Waals surface area contributed by atoms with E-state index < -0.39 is 0 Å². The van der Waals surface area contributed by atoms with Gasteiger partial charge in [0.05, 0.1) is 12.9 Å². The van der Waals surface area contributed by atoms with Crippen LogP contribution in [0.1, 0.15) is 12.0 Å². The van der Waals surface area contributed by atoms with Gasteiger partial charge in [0.1, 0.15) is 11.5 Å². The van der Waals surface area contributed by atoms with Crippen molar-refractivity contribution in [3.8, 4) is 5.75 Å². The molecule has 0 aromatic heterocycles. The summed E-state index contributed by atoms with van der Waals surface area (Å²) in [5.41, 5.74) is 1.22. The molecule has 104 valence electrons. The molecule has 0 unspecified atom stereocenters. The first-order valence-electron chi connectivity index (χ1n) is 6.60. The molecule has 0 amide bonds. The number of benzene rings is 2. The van der Waals surface area contributed by atoms with Crippen molar-refractivity contribution < 1.29 is 9.53 Å². The molecule has 0 heterocycles. The first-order valence-corrected chi connectivity index (χ1v) is 7.59. The number of Topliss-reactive ketones (excluding diaryl/α,β-unsaturated/α-hetero) is 1. The Bertz CT molecular complexity index is 552. The third-order valence-electron chi connectivity index (χ3n) is 2.98. The summed E-state index contributed by atoms with van der Waals surface area (Å²) in [7, 11) is 1.65. The van der Waals surface area contributed by atoms with E-state index in [1.54, 1.807) is 18.9 Å². The van der Waals surface area contributed by atoms with E-state index in [1.807, 2.05) is 42.5 Å². The summed E-state index contributed by atoms with van der Waals surface area (Å²) in [6.45, 7) is 0. The average molecular weight is 286 g/mol. The highest BCUT2D eigenvalue weighted by molar-refractivity contribution is 8.00. The van der Waals surface area contributed by atoms with E-state index in [1.165, 1.54) is 5.56 Å². The molecule has 20 heavy (non-hydrogen) atoms. The minimum Gasteiger partial charge on any atom is -0.497 e. The minimum absolute atomic E-state index is 0.279. The number of ketones is 1. The highest BCUT2D eigenvalue weighted by atomic mass is 32.2. The molecular weight excluding hydrogens is 268 g/mol. The van der Waals surface area contributed by atoms with Gasteiger partial charge in [0.2, 0.25) is 0 Å². The molecule has 0 saturated carbocycles. The van der Waals surface area contributed by atoms with Gasteiger partial charge in [-0.25, -0.2) is 0 Å². The van der Waals surface area contributed by atoms with E-state index in [-0.39, 0.29) is 5.78 Å². The van der Waals surface area contributed by atoms with Crippen LogP contribution in [0.25, 0.3) is 0 Å². The molecule has 2 nitrogen and oxygen atoms in total. The molecular formula is C17H18O2S. The van der Waals surface area contributed by atoms with Crippen LogP contribution >= 0.6 is 11.8 Å². The average Bonchev–Trinajstić information content (AvgIpc) is 2.52. The zero-order valence-corrected chi connectivity index (χ0v) is 12.4. The van der Waals surface area contributed by atoms with Gasteiger partial charge in [-0.15, -0.1) is 11.8 Å². The number of hydrogen-bond acceptors (Lipinski definition) is 3. The molecule has 0 saturated heterocycles. The van der Waals surface area contributed by atoms with Gasteiger partial charge in [0.15, 0.2) is 0 Å². The predicted octanol–water partition coefficient (Wildman–Crippen LogP) is 3.99. The molecule has 3 heteroatoms. The number of aryl methyl sites for hydroxylation is 1. The van der Waals surface area contributed by atoms with E-state index in [4.69, 9.17) is 4.74 Å². The molecule has 2 rings (SSSR count). The maximum atomic E-state index is 11.9. The Hall–Kier alpha value is -1.74. The van der Waals surface area contributed by atoms with E-state index in [0.29, 0.717) is 12.2 Å². The lowest BCUT2D eigenvalue weighted by Crippen LogP contribution is -2.03. The molecule has 0 bridgehead atoms. The van der Waals surface area contributed by atoms with Crippen LogP contribution < -0.4 is 4.74 Å². The topological polar surface area (TPSA) is 26.3 Å². The van der Waals surface area contributed by atoms with Crippen LogP contribution in [0.3, 0.4) is 0 Å². The fourth-order valence-corrected chi connectivity index (χ4v) is 2.70. The van der Waals surface area contributed by atoms with Gasteiger partial charge in [-0.3, -0.25) is 4.79 Å². The van der Waals surface area contributed by atoms with Gasteiger partial charge in [-0.2, -0.15) is 0 Å². The first-order chi connectivity index (χ1) is 9.78. The summed E-state index contributed by atoms with van der Waals surface area (Å²) in [6.07, 6.45) is 1.42. The van der Waals surface area contributed by atoms with Crippen LogP contribution in [0.4, 0.5) is 0 Å². The fourth-order valence-electron chi connectivity index (χ4n) is 1.86. The summed E-state index contributed by atoms with van der Waals surface area (Å²) >= 11 is 1.56. The van der Waals surface area contributed by atoms with Gasteiger partial charge in [0.25, 0.3) is 0 Å². The van der Waals surface area contributed by atoms with Crippen molar-refractivity contribution in [3.05, 3.63) is 60.2 Å². The summed E-state index contributed by atoms with van der Waals surface area (Å²) in [5, 5.41) is 0. The zero-order valence-electron chi connectivity index (χ0n) is 11.5. The van der Waals surface area contributed by atoms with Crippen LogP contribution in [-0.2, 0) is 11.2 Å². The maximum absolute atomic E-state index is 11.9. The molecule has 2 aromatic carbocycles. The predicted molar refractivity (Wildman–Crippen MR) is 83.5 cm³/mol. The Balaban J connectivity index is 1.77. The first kappa shape index (κ1) is 14.7. The second-order valence-electron chi connectivity index (χ2n) is 4.49. The number of hydrogen-bond donors (Lipinski definition) is 0. The monoisotopic (exact) mass is 286 g/mol. The number of rotatable bonds is 7. The molecule has 0 aliphatic heterocycles.